The van der Waals surface area contributed by atoms with Crippen molar-refractivity contribution >= 4 is 23.1 Å². The van der Waals surface area contributed by atoms with Gasteiger partial charge in [0.2, 0.25) is 5.91 Å². The van der Waals surface area contributed by atoms with Crippen molar-refractivity contribution in [2.75, 3.05) is 32.7 Å². The molecule has 0 aromatic carbocycles. The van der Waals surface area contributed by atoms with Crippen LogP contribution in [0.3, 0.4) is 0 Å². The highest BCUT2D eigenvalue weighted by Gasteiger charge is 2.22. The number of nitrogens with zero attached hydrogens (tertiary/aromatic N) is 2. The van der Waals surface area contributed by atoms with Gasteiger partial charge in [-0.15, -0.1) is 0 Å². The first kappa shape index (κ1) is 15.4. The van der Waals surface area contributed by atoms with Gasteiger partial charge in [-0.2, -0.15) is 0 Å². The standard InChI is InChI=1S/C13H25N3OS/c1-13(2,3)5-4-12(17)16-8-6-15(7-9-16)10-11(14)18/h4-10H2,1-3H3,(H2,14,18). The van der Waals surface area contributed by atoms with E-state index in [1.54, 1.807) is 0 Å². The Morgan fingerprint density at radius 3 is 2.22 bits per heavy atom. The van der Waals surface area contributed by atoms with Crippen LogP contribution in [-0.2, 0) is 4.79 Å². The number of rotatable bonds is 4. The first-order chi connectivity index (χ1) is 8.28. The molecule has 1 aliphatic rings. The Hall–Kier alpha value is -0.680. The van der Waals surface area contributed by atoms with Crippen LogP contribution in [0.15, 0.2) is 0 Å². The molecule has 0 aromatic heterocycles. The SMILES string of the molecule is CC(C)(C)CCC(=O)N1CCN(CC(N)=S)CC1. The normalized spacial score (nSPS) is 17.8. The Balaban J connectivity index is 2.29. The Morgan fingerprint density at radius 2 is 1.78 bits per heavy atom. The minimum absolute atomic E-state index is 0.225. The lowest BCUT2D eigenvalue weighted by Crippen LogP contribution is -2.50. The summed E-state index contributed by atoms with van der Waals surface area (Å²) in [5.74, 6) is 0.278. The van der Waals surface area contributed by atoms with Crippen molar-refractivity contribution in [3.05, 3.63) is 0 Å². The van der Waals surface area contributed by atoms with E-state index >= 15 is 0 Å². The molecule has 0 unspecified atom stereocenters. The highest BCUT2D eigenvalue weighted by Crippen LogP contribution is 2.21. The number of hydrogen-bond acceptors (Lipinski definition) is 3. The van der Waals surface area contributed by atoms with Crippen LogP contribution in [-0.4, -0.2) is 53.4 Å². The molecule has 0 radical (unpaired) electrons. The van der Waals surface area contributed by atoms with Crippen LogP contribution >= 0.6 is 12.2 Å². The summed E-state index contributed by atoms with van der Waals surface area (Å²) < 4.78 is 0. The third-order valence-electron chi connectivity index (χ3n) is 3.19. The zero-order valence-electron chi connectivity index (χ0n) is 11.7. The lowest BCUT2D eigenvalue weighted by atomic mass is 9.90. The molecule has 0 bridgehead atoms. The van der Waals surface area contributed by atoms with Crippen LogP contribution in [0.25, 0.3) is 0 Å². The van der Waals surface area contributed by atoms with Gasteiger partial charge in [-0.25, -0.2) is 0 Å². The number of carbonyl (C=O) groups excluding carboxylic acids is 1. The first-order valence-electron chi connectivity index (χ1n) is 6.56. The maximum Gasteiger partial charge on any atom is 0.222 e. The number of amides is 1. The van der Waals surface area contributed by atoms with Crippen LogP contribution in [0.1, 0.15) is 33.6 Å². The summed E-state index contributed by atoms with van der Waals surface area (Å²) in [4.78, 5) is 16.7. The fraction of sp³-hybridized carbons (Fsp3) is 0.846. The van der Waals surface area contributed by atoms with Gasteiger partial charge in [0.1, 0.15) is 0 Å². The molecule has 1 saturated heterocycles. The van der Waals surface area contributed by atoms with E-state index in [0.29, 0.717) is 18.0 Å². The average Bonchev–Trinajstić information content (AvgIpc) is 2.25. The quantitative estimate of drug-likeness (QED) is 0.782. The summed E-state index contributed by atoms with van der Waals surface area (Å²) in [7, 11) is 0. The minimum atomic E-state index is 0.225. The molecule has 1 rings (SSSR count). The predicted molar refractivity (Wildman–Crippen MR) is 78.5 cm³/mol. The molecular formula is C13H25N3OS. The third kappa shape index (κ3) is 5.78. The summed E-state index contributed by atoms with van der Waals surface area (Å²) in [6, 6.07) is 0. The van der Waals surface area contributed by atoms with Gasteiger partial charge in [-0.05, 0) is 11.8 Å². The monoisotopic (exact) mass is 271 g/mol. The van der Waals surface area contributed by atoms with E-state index in [1.807, 2.05) is 4.90 Å². The van der Waals surface area contributed by atoms with E-state index in [9.17, 15) is 4.79 Å². The molecule has 0 aromatic rings. The summed E-state index contributed by atoms with van der Waals surface area (Å²) >= 11 is 4.90. The summed E-state index contributed by atoms with van der Waals surface area (Å²) in [5.41, 5.74) is 5.75. The summed E-state index contributed by atoms with van der Waals surface area (Å²) in [5, 5.41) is 0. The number of piperazine rings is 1. The predicted octanol–water partition coefficient (Wildman–Crippen LogP) is 1.24. The van der Waals surface area contributed by atoms with E-state index in [1.165, 1.54) is 0 Å². The third-order valence-corrected chi connectivity index (χ3v) is 3.32. The van der Waals surface area contributed by atoms with E-state index in [4.69, 9.17) is 18.0 Å². The molecule has 2 N–H and O–H groups in total. The van der Waals surface area contributed by atoms with E-state index in [-0.39, 0.29) is 11.3 Å². The average molecular weight is 271 g/mol. The van der Waals surface area contributed by atoms with Gasteiger partial charge in [-0.1, -0.05) is 33.0 Å². The maximum absolute atomic E-state index is 12.0. The van der Waals surface area contributed by atoms with Crippen LogP contribution in [0.5, 0.6) is 0 Å². The second-order valence-corrected chi connectivity index (χ2v) is 6.71. The number of carbonyl (C=O) groups is 1. The molecule has 0 aliphatic carbocycles. The van der Waals surface area contributed by atoms with E-state index in [2.05, 4.69) is 25.7 Å². The van der Waals surface area contributed by atoms with Crippen molar-refractivity contribution in [1.82, 2.24) is 9.80 Å². The fourth-order valence-corrected chi connectivity index (χ4v) is 2.20. The molecule has 0 atom stereocenters. The van der Waals surface area contributed by atoms with Crippen LogP contribution in [0.4, 0.5) is 0 Å². The molecular weight excluding hydrogens is 246 g/mol. The smallest absolute Gasteiger partial charge is 0.222 e. The number of hydrogen-bond donors (Lipinski definition) is 1. The number of thiocarbonyl (C=S) groups is 1. The molecule has 0 saturated carbocycles. The number of nitrogens with two attached hydrogens (primary N) is 1. The van der Waals surface area contributed by atoms with Gasteiger partial charge < -0.3 is 10.6 Å². The van der Waals surface area contributed by atoms with Crippen molar-refractivity contribution in [2.45, 2.75) is 33.6 Å². The molecule has 1 fully saturated rings. The zero-order chi connectivity index (χ0) is 13.8. The highest BCUT2D eigenvalue weighted by molar-refractivity contribution is 7.80. The lowest BCUT2D eigenvalue weighted by Gasteiger charge is -2.35. The fourth-order valence-electron chi connectivity index (χ4n) is 2.02. The largest absolute Gasteiger partial charge is 0.392 e. The summed E-state index contributed by atoms with van der Waals surface area (Å²) in [6.45, 7) is 10.5. The molecule has 4 nitrogen and oxygen atoms in total. The molecule has 1 amide bonds. The first-order valence-corrected chi connectivity index (χ1v) is 6.97. The zero-order valence-corrected chi connectivity index (χ0v) is 12.6. The minimum Gasteiger partial charge on any atom is -0.392 e. The van der Waals surface area contributed by atoms with Crippen molar-refractivity contribution in [3.63, 3.8) is 0 Å². The second-order valence-electron chi connectivity index (χ2n) is 6.18. The molecule has 104 valence electrons. The summed E-state index contributed by atoms with van der Waals surface area (Å²) in [6.07, 6.45) is 1.59. The van der Waals surface area contributed by atoms with Crippen molar-refractivity contribution in [3.8, 4) is 0 Å². The van der Waals surface area contributed by atoms with Gasteiger partial charge >= 0.3 is 0 Å². The van der Waals surface area contributed by atoms with Gasteiger partial charge in [0, 0.05) is 39.1 Å². The van der Waals surface area contributed by atoms with Crippen molar-refractivity contribution in [1.29, 1.82) is 0 Å². The lowest BCUT2D eigenvalue weighted by molar-refractivity contribution is -0.133. The van der Waals surface area contributed by atoms with E-state index < -0.39 is 0 Å². The Bertz CT molecular complexity index is 304. The Morgan fingerprint density at radius 1 is 1.22 bits per heavy atom. The Kier molecular flexibility index (Phi) is 5.53. The molecule has 0 spiro atoms. The van der Waals surface area contributed by atoms with Crippen LogP contribution in [0, 0.1) is 5.41 Å². The van der Waals surface area contributed by atoms with Crippen LogP contribution in [0.2, 0.25) is 0 Å². The van der Waals surface area contributed by atoms with Gasteiger partial charge in [0.05, 0.1) is 4.99 Å². The molecule has 1 heterocycles. The Labute approximate surface area is 115 Å². The van der Waals surface area contributed by atoms with Crippen LogP contribution < -0.4 is 5.73 Å². The van der Waals surface area contributed by atoms with Crippen molar-refractivity contribution in [2.24, 2.45) is 11.1 Å². The topological polar surface area (TPSA) is 49.6 Å². The molecule has 1 aliphatic heterocycles. The van der Waals surface area contributed by atoms with Gasteiger partial charge in [0.25, 0.3) is 0 Å². The van der Waals surface area contributed by atoms with Gasteiger partial charge in [-0.3, -0.25) is 9.69 Å². The molecule has 5 heteroatoms. The maximum atomic E-state index is 12.0. The molecule has 18 heavy (non-hydrogen) atoms. The van der Waals surface area contributed by atoms with Gasteiger partial charge in [0.15, 0.2) is 0 Å². The second kappa shape index (κ2) is 6.48. The highest BCUT2D eigenvalue weighted by atomic mass is 32.1. The van der Waals surface area contributed by atoms with Crippen molar-refractivity contribution < 1.29 is 4.79 Å². The van der Waals surface area contributed by atoms with E-state index in [0.717, 1.165) is 32.6 Å².